The fourth-order valence-electron chi connectivity index (χ4n) is 3.37. The van der Waals surface area contributed by atoms with Crippen molar-refractivity contribution in [2.75, 3.05) is 0 Å². The summed E-state index contributed by atoms with van der Waals surface area (Å²) in [7, 11) is 0. The zero-order valence-corrected chi connectivity index (χ0v) is 12.2. The van der Waals surface area contributed by atoms with Crippen molar-refractivity contribution < 1.29 is 14.4 Å². The third-order valence-corrected chi connectivity index (χ3v) is 5.06. The molecule has 2 fully saturated rings. The Labute approximate surface area is 118 Å². The summed E-state index contributed by atoms with van der Waals surface area (Å²) in [6, 6.07) is 0. The fraction of sp³-hybridized carbons (Fsp3) is 0.800. The van der Waals surface area contributed by atoms with E-state index in [1.807, 2.05) is 0 Å². The number of carbonyl (C=O) groups is 1. The van der Waals surface area contributed by atoms with Crippen LogP contribution in [0.2, 0.25) is 0 Å². The van der Waals surface area contributed by atoms with Crippen molar-refractivity contribution in [2.45, 2.75) is 64.7 Å². The molecule has 2 aliphatic rings. The first-order valence-corrected chi connectivity index (χ1v) is 7.49. The Morgan fingerprint density at radius 2 is 2.00 bits per heavy atom. The monoisotopic (exact) mass is 278 g/mol. The summed E-state index contributed by atoms with van der Waals surface area (Å²) in [6.07, 6.45) is 5.97. The van der Waals surface area contributed by atoms with Gasteiger partial charge in [-0.3, -0.25) is 4.79 Å². The summed E-state index contributed by atoms with van der Waals surface area (Å²) in [4.78, 5) is 16.1. The Hall–Kier alpha value is -1.39. The van der Waals surface area contributed by atoms with E-state index in [4.69, 9.17) is 4.52 Å². The van der Waals surface area contributed by atoms with Gasteiger partial charge in [-0.15, -0.1) is 0 Å². The van der Waals surface area contributed by atoms with Crippen LogP contribution in [0.5, 0.6) is 0 Å². The highest BCUT2D eigenvalue weighted by Crippen LogP contribution is 2.57. The van der Waals surface area contributed by atoms with Crippen LogP contribution in [0.15, 0.2) is 4.52 Å². The number of carboxylic acids is 1. The molecule has 20 heavy (non-hydrogen) atoms. The predicted octanol–water partition coefficient (Wildman–Crippen LogP) is 3.16. The number of carboxylic acid groups (broad SMARTS) is 1. The largest absolute Gasteiger partial charge is 0.481 e. The van der Waals surface area contributed by atoms with Gasteiger partial charge in [0.15, 0.2) is 5.82 Å². The van der Waals surface area contributed by atoms with Gasteiger partial charge in [-0.25, -0.2) is 0 Å². The van der Waals surface area contributed by atoms with Crippen LogP contribution in [0.3, 0.4) is 0 Å². The molecular formula is C15H22N2O3. The third kappa shape index (κ3) is 2.34. The van der Waals surface area contributed by atoms with E-state index in [0.29, 0.717) is 18.2 Å². The van der Waals surface area contributed by atoms with Gasteiger partial charge >= 0.3 is 5.97 Å². The molecule has 1 aromatic rings. The number of hydrogen-bond acceptors (Lipinski definition) is 4. The van der Waals surface area contributed by atoms with Crippen LogP contribution in [-0.2, 0) is 11.2 Å². The summed E-state index contributed by atoms with van der Waals surface area (Å²) in [5.74, 6) is 0.893. The van der Waals surface area contributed by atoms with Crippen LogP contribution in [-0.4, -0.2) is 21.2 Å². The molecule has 2 saturated carbocycles. The molecular weight excluding hydrogens is 256 g/mol. The number of aromatic nitrogens is 2. The van der Waals surface area contributed by atoms with Crippen LogP contribution in [0.25, 0.3) is 0 Å². The fourth-order valence-corrected chi connectivity index (χ4v) is 3.37. The Morgan fingerprint density at radius 3 is 2.55 bits per heavy atom. The van der Waals surface area contributed by atoms with Crippen molar-refractivity contribution in [1.82, 2.24) is 10.1 Å². The number of aliphatic carboxylic acids is 1. The number of rotatable bonds is 4. The predicted molar refractivity (Wildman–Crippen MR) is 72.3 cm³/mol. The molecule has 1 atom stereocenters. The van der Waals surface area contributed by atoms with Crippen molar-refractivity contribution in [3.05, 3.63) is 11.7 Å². The van der Waals surface area contributed by atoms with Gasteiger partial charge in [0.2, 0.25) is 5.89 Å². The van der Waals surface area contributed by atoms with Crippen molar-refractivity contribution in [1.29, 1.82) is 0 Å². The maximum Gasteiger partial charge on any atom is 0.310 e. The lowest BCUT2D eigenvalue weighted by atomic mass is 9.72. The summed E-state index contributed by atoms with van der Waals surface area (Å²) in [5.41, 5.74) is -0.433. The van der Waals surface area contributed by atoms with E-state index in [-0.39, 0.29) is 5.41 Å². The molecule has 1 N–H and O–H groups in total. The van der Waals surface area contributed by atoms with Crippen molar-refractivity contribution >= 4 is 5.97 Å². The van der Waals surface area contributed by atoms with Crippen molar-refractivity contribution in [2.24, 2.45) is 10.8 Å². The quantitative estimate of drug-likeness (QED) is 0.915. The highest BCUT2D eigenvalue weighted by molar-refractivity contribution is 5.75. The Balaban J connectivity index is 1.74. The molecule has 0 bridgehead atoms. The molecule has 5 nitrogen and oxygen atoms in total. The molecule has 1 unspecified atom stereocenters. The van der Waals surface area contributed by atoms with Gasteiger partial charge in [0, 0.05) is 12.3 Å². The van der Waals surface area contributed by atoms with Gasteiger partial charge < -0.3 is 9.63 Å². The SMILES string of the molecule is CC1(C)CC1c1noc(CC2(C(=O)O)CCCCC2)n1. The summed E-state index contributed by atoms with van der Waals surface area (Å²) >= 11 is 0. The molecule has 110 valence electrons. The zero-order chi connectivity index (χ0) is 14.4. The lowest BCUT2D eigenvalue weighted by Gasteiger charge is -2.31. The van der Waals surface area contributed by atoms with E-state index >= 15 is 0 Å². The van der Waals surface area contributed by atoms with Crippen LogP contribution in [0.4, 0.5) is 0 Å². The Morgan fingerprint density at radius 1 is 1.35 bits per heavy atom. The number of nitrogens with zero attached hydrogens (tertiary/aromatic N) is 2. The van der Waals surface area contributed by atoms with Gasteiger partial charge in [0.05, 0.1) is 5.41 Å². The second kappa shape index (κ2) is 4.57. The maximum atomic E-state index is 11.6. The first-order valence-electron chi connectivity index (χ1n) is 7.49. The minimum atomic E-state index is -0.719. The second-order valence-corrected chi connectivity index (χ2v) is 7.11. The van der Waals surface area contributed by atoms with Gasteiger partial charge in [0.25, 0.3) is 0 Å². The summed E-state index contributed by atoms with van der Waals surface area (Å²) in [6.45, 7) is 4.38. The first-order chi connectivity index (χ1) is 9.43. The molecule has 2 aliphatic carbocycles. The van der Waals surface area contributed by atoms with E-state index in [0.717, 1.165) is 44.3 Å². The molecule has 1 heterocycles. The zero-order valence-electron chi connectivity index (χ0n) is 12.2. The highest BCUT2D eigenvalue weighted by Gasteiger charge is 2.50. The summed E-state index contributed by atoms with van der Waals surface area (Å²) in [5, 5.41) is 13.6. The Kier molecular flexibility index (Phi) is 3.10. The standard InChI is InChI=1S/C15H22N2O3/c1-14(2)8-10(14)12-16-11(20-17-12)9-15(13(18)19)6-4-3-5-7-15/h10H,3-9H2,1-2H3,(H,18,19). The van der Waals surface area contributed by atoms with Gasteiger partial charge in [-0.05, 0) is 24.7 Å². The van der Waals surface area contributed by atoms with E-state index in [2.05, 4.69) is 24.0 Å². The average Bonchev–Trinajstić information content (AvgIpc) is 2.84. The molecule has 3 rings (SSSR count). The van der Waals surface area contributed by atoms with Gasteiger partial charge in [-0.1, -0.05) is 38.3 Å². The third-order valence-electron chi connectivity index (χ3n) is 5.06. The molecule has 1 aromatic heterocycles. The van der Waals surface area contributed by atoms with Crippen molar-refractivity contribution in [3.63, 3.8) is 0 Å². The minimum absolute atomic E-state index is 0.260. The Bertz CT molecular complexity index is 515. The normalized spacial score (nSPS) is 27.2. The lowest BCUT2D eigenvalue weighted by Crippen LogP contribution is -2.35. The molecule has 5 heteroatoms. The molecule has 0 amide bonds. The molecule has 0 spiro atoms. The van der Waals surface area contributed by atoms with E-state index in [1.165, 1.54) is 0 Å². The molecule has 0 saturated heterocycles. The highest BCUT2D eigenvalue weighted by atomic mass is 16.5. The van der Waals surface area contributed by atoms with Crippen LogP contribution >= 0.6 is 0 Å². The minimum Gasteiger partial charge on any atom is -0.481 e. The van der Waals surface area contributed by atoms with Crippen molar-refractivity contribution in [3.8, 4) is 0 Å². The smallest absolute Gasteiger partial charge is 0.310 e. The van der Waals surface area contributed by atoms with Crippen LogP contribution in [0, 0.1) is 10.8 Å². The van der Waals surface area contributed by atoms with E-state index in [1.54, 1.807) is 0 Å². The molecule has 0 radical (unpaired) electrons. The van der Waals surface area contributed by atoms with Crippen LogP contribution < -0.4 is 0 Å². The average molecular weight is 278 g/mol. The van der Waals surface area contributed by atoms with E-state index < -0.39 is 11.4 Å². The summed E-state index contributed by atoms with van der Waals surface area (Å²) < 4.78 is 5.31. The number of hydrogen-bond donors (Lipinski definition) is 1. The topological polar surface area (TPSA) is 76.2 Å². The lowest BCUT2D eigenvalue weighted by molar-refractivity contribution is -0.151. The molecule has 0 aromatic carbocycles. The second-order valence-electron chi connectivity index (χ2n) is 7.11. The molecule has 0 aliphatic heterocycles. The van der Waals surface area contributed by atoms with E-state index in [9.17, 15) is 9.90 Å². The van der Waals surface area contributed by atoms with Gasteiger partial charge in [0.1, 0.15) is 0 Å². The first kappa shape index (κ1) is 13.6. The van der Waals surface area contributed by atoms with Gasteiger partial charge in [-0.2, -0.15) is 4.98 Å². The maximum absolute atomic E-state index is 11.6. The van der Waals surface area contributed by atoms with Crippen LogP contribution in [0.1, 0.15) is 70.0 Å².